The van der Waals surface area contributed by atoms with Crippen LogP contribution in [0, 0.1) is 6.92 Å². The van der Waals surface area contributed by atoms with E-state index in [0.29, 0.717) is 6.54 Å². The number of nitrogens with one attached hydrogen (secondary N) is 1. The molecule has 0 saturated carbocycles. The largest absolute Gasteiger partial charge is 0.478 e. The van der Waals surface area contributed by atoms with Crippen molar-refractivity contribution in [1.29, 1.82) is 0 Å². The highest BCUT2D eigenvalue weighted by Crippen LogP contribution is 2.20. The number of pyridine rings is 1. The Morgan fingerprint density at radius 3 is 2.89 bits per heavy atom. The van der Waals surface area contributed by atoms with Gasteiger partial charge in [-0.3, -0.25) is 4.98 Å². The monoisotopic (exact) mass is 320 g/mol. The van der Waals surface area contributed by atoms with Crippen LogP contribution in [0.5, 0.6) is 0 Å². The molecule has 0 unspecified atom stereocenters. The maximum absolute atomic E-state index is 11.0. The van der Waals surface area contributed by atoms with E-state index in [0.717, 1.165) is 21.3 Å². The van der Waals surface area contributed by atoms with E-state index >= 15 is 0 Å². The number of carboxylic acids is 1. The summed E-state index contributed by atoms with van der Waals surface area (Å²) >= 11 is 3.31. The number of aromatic nitrogens is 1. The SMILES string of the molecule is Cc1ccncc1CNc1cc(Br)cc(C(=O)O)c1. The molecule has 1 aromatic carbocycles. The van der Waals surface area contributed by atoms with Crippen molar-refractivity contribution in [1.82, 2.24) is 4.98 Å². The Labute approximate surface area is 119 Å². The van der Waals surface area contributed by atoms with E-state index < -0.39 is 5.97 Å². The van der Waals surface area contributed by atoms with Gasteiger partial charge in [0.05, 0.1) is 5.56 Å². The number of anilines is 1. The normalized spacial score (nSPS) is 10.2. The van der Waals surface area contributed by atoms with Gasteiger partial charge in [-0.2, -0.15) is 0 Å². The molecule has 0 bridgehead atoms. The van der Waals surface area contributed by atoms with Crippen molar-refractivity contribution in [3.63, 3.8) is 0 Å². The molecule has 4 nitrogen and oxygen atoms in total. The number of carboxylic acid groups (broad SMARTS) is 1. The first-order chi connectivity index (χ1) is 9.06. The molecule has 0 aliphatic rings. The number of nitrogens with zero attached hydrogens (tertiary/aromatic N) is 1. The molecule has 2 N–H and O–H groups in total. The van der Waals surface area contributed by atoms with Gasteiger partial charge < -0.3 is 10.4 Å². The third-order valence-electron chi connectivity index (χ3n) is 2.78. The van der Waals surface area contributed by atoms with Crippen LogP contribution in [-0.4, -0.2) is 16.1 Å². The third-order valence-corrected chi connectivity index (χ3v) is 3.23. The maximum atomic E-state index is 11.0. The number of halogens is 1. The minimum absolute atomic E-state index is 0.250. The van der Waals surface area contributed by atoms with Crippen LogP contribution < -0.4 is 5.32 Å². The van der Waals surface area contributed by atoms with Gasteiger partial charge in [0.25, 0.3) is 0 Å². The molecule has 0 amide bonds. The fraction of sp³-hybridized carbons (Fsp3) is 0.143. The van der Waals surface area contributed by atoms with E-state index in [1.807, 2.05) is 19.1 Å². The number of hydrogen-bond acceptors (Lipinski definition) is 3. The van der Waals surface area contributed by atoms with Crippen molar-refractivity contribution < 1.29 is 9.90 Å². The average molecular weight is 321 g/mol. The Bertz CT molecular complexity index is 614. The summed E-state index contributed by atoms with van der Waals surface area (Å²) in [6.45, 7) is 2.62. The van der Waals surface area contributed by atoms with Gasteiger partial charge in [0.2, 0.25) is 0 Å². The number of hydrogen-bond donors (Lipinski definition) is 2. The quantitative estimate of drug-likeness (QED) is 0.905. The lowest BCUT2D eigenvalue weighted by atomic mass is 10.1. The first-order valence-corrected chi connectivity index (χ1v) is 6.53. The first-order valence-electron chi connectivity index (χ1n) is 5.73. The number of carbonyl (C=O) groups is 1. The Morgan fingerprint density at radius 2 is 2.21 bits per heavy atom. The molecule has 98 valence electrons. The van der Waals surface area contributed by atoms with Gasteiger partial charge in [0, 0.05) is 29.1 Å². The average Bonchev–Trinajstić information content (AvgIpc) is 2.37. The number of rotatable bonds is 4. The van der Waals surface area contributed by atoms with E-state index in [9.17, 15) is 4.79 Å². The van der Waals surface area contributed by atoms with Gasteiger partial charge in [-0.05, 0) is 42.3 Å². The van der Waals surface area contributed by atoms with Crippen LogP contribution in [0.15, 0.2) is 41.1 Å². The highest BCUT2D eigenvalue weighted by Gasteiger charge is 2.06. The fourth-order valence-corrected chi connectivity index (χ4v) is 2.19. The summed E-state index contributed by atoms with van der Waals surface area (Å²) < 4.78 is 0.734. The zero-order valence-electron chi connectivity index (χ0n) is 10.4. The molecule has 5 heteroatoms. The Hall–Kier alpha value is -1.88. The van der Waals surface area contributed by atoms with E-state index in [1.165, 1.54) is 0 Å². The highest BCUT2D eigenvalue weighted by atomic mass is 79.9. The smallest absolute Gasteiger partial charge is 0.335 e. The second-order valence-corrected chi connectivity index (χ2v) is 5.11. The van der Waals surface area contributed by atoms with E-state index in [4.69, 9.17) is 5.11 Å². The van der Waals surface area contributed by atoms with Crippen molar-refractivity contribution >= 4 is 27.6 Å². The molecule has 2 rings (SSSR count). The zero-order chi connectivity index (χ0) is 13.8. The van der Waals surface area contributed by atoms with Crippen LogP contribution in [0.4, 0.5) is 5.69 Å². The van der Waals surface area contributed by atoms with Crippen LogP contribution in [-0.2, 0) is 6.54 Å². The summed E-state index contributed by atoms with van der Waals surface area (Å²) in [5.41, 5.74) is 3.24. The van der Waals surface area contributed by atoms with Gasteiger partial charge in [-0.15, -0.1) is 0 Å². The summed E-state index contributed by atoms with van der Waals surface area (Å²) in [4.78, 5) is 15.1. The van der Waals surface area contributed by atoms with Gasteiger partial charge in [0.15, 0.2) is 0 Å². The molecule has 2 aromatic rings. The predicted octanol–water partition coefficient (Wildman–Crippen LogP) is 3.46. The molecule has 0 spiro atoms. The van der Waals surface area contributed by atoms with E-state index in [-0.39, 0.29) is 5.56 Å². The standard InChI is InChI=1S/C14H13BrN2O2/c1-9-2-3-16-7-11(9)8-17-13-5-10(14(18)19)4-12(15)6-13/h2-7,17H,8H2,1H3,(H,18,19). The van der Waals surface area contributed by atoms with Crippen molar-refractivity contribution in [2.75, 3.05) is 5.32 Å². The molecule has 0 radical (unpaired) electrons. The maximum Gasteiger partial charge on any atom is 0.335 e. The highest BCUT2D eigenvalue weighted by molar-refractivity contribution is 9.10. The number of aromatic carboxylic acids is 1. The second kappa shape index (κ2) is 5.84. The van der Waals surface area contributed by atoms with Crippen LogP contribution in [0.1, 0.15) is 21.5 Å². The summed E-state index contributed by atoms with van der Waals surface area (Å²) in [6.07, 6.45) is 3.55. The van der Waals surface area contributed by atoms with Crippen LogP contribution in [0.2, 0.25) is 0 Å². The van der Waals surface area contributed by atoms with Crippen molar-refractivity contribution in [3.05, 3.63) is 57.8 Å². The minimum atomic E-state index is -0.943. The zero-order valence-corrected chi connectivity index (χ0v) is 11.9. The molecule has 0 aliphatic carbocycles. The molecule has 0 fully saturated rings. The lowest BCUT2D eigenvalue weighted by Crippen LogP contribution is -2.04. The Kier molecular flexibility index (Phi) is 4.16. The van der Waals surface area contributed by atoms with E-state index in [2.05, 4.69) is 26.2 Å². The topological polar surface area (TPSA) is 62.2 Å². The minimum Gasteiger partial charge on any atom is -0.478 e. The summed E-state index contributed by atoms with van der Waals surface area (Å²) in [6, 6.07) is 6.97. The molecule has 19 heavy (non-hydrogen) atoms. The molecule has 0 saturated heterocycles. The third kappa shape index (κ3) is 3.54. The molecule has 1 heterocycles. The summed E-state index contributed by atoms with van der Waals surface area (Å²) in [7, 11) is 0. The Morgan fingerprint density at radius 1 is 1.42 bits per heavy atom. The Balaban J connectivity index is 2.16. The molecular formula is C14H13BrN2O2. The first kappa shape index (κ1) is 13.5. The van der Waals surface area contributed by atoms with Crippen molar-refractivity contribution in [3.8, 4) is 0 Å². The lowest BCUT2D eigenvalue weighted by molar-refractivity contribution is 0.0697. The summed E-state index contributed by atoms with van der Waals surface area (Å²) in [5.74, 6) is -0.943. The predicted molar refractivity (Wildman–Crippen MR) is 77.4 cm³/mol. The van der Waals surface area contributed by atoms with Gasteiger partial charge in [0.1, 0.15) is 0 Å². The molecule has 0 atom stereocenters. The van der Waals surface area contributed by atoms with Crippen molar-refractivity contribution in [2.24, 2.45) is 0 Å². The van der Waals surface area contributed by atoms with Crippen molar-refractivity contribution in [2.45, 2.75) is 13.5 Å². The summed E-state index contributed by atoms with van der Waals surface area (Å²) in [5, 5.41) is 12.2. The lowest BCUT2D eigenvalue weighted by Gasteiger charge is -2.09. The van der Waals surface area contributed by atoms with E-state index in [1.54, 1.807) is 24.5 Å². The molecular weight excluding hydrogens is 308 g/mol. The van der Waals surface area contributed by atoms with Crippen LogP contribution >= 0.6 is 15.9 Å². The molecule has 1 aromatic heterocycles. The number of aryl methyl sites for hydroxylation is 1. The fourth-order valence-electron chi connectivity index (χ4n) is 1.69. The second-order valence-electron chi connectivity index (χ2n) is 4.19. The van der Waals surface area contributed by atoms with Crippen LogP contribution in [0.3, 0.4) is 0 Å². The van der Waals surface area contributed by atoms with Gasteiger partial charge in [-0.1, -0.05) is 15.9 Å². The van der Waals surface area contributed by atoms with Crippen LogP contribution in [0.25, 0.3) is 0 Å². The van der Waals surface area contributed by atoms with Gasteiger partial charge in [-0.25, -0.2) is 4.79 Å². The van der Waals surface area contributed by atoms with Gasteiger partial charge >= 0.3 is 5.97 Å². The number of benzene rings is 1. The molecule has 0 aliphatic heterocycles.